The fourth-order valence-corrected chi connectivity index (χ4v) is 1.27. The number of nitrogens with one attached hydrogen (secondary N) is 1. The van der Waals surface area contributed by atoms with Crippen molar-refractivity contribution in [2.45, 2.75) is 0 Å². The molecule has 0 aliphatic carbocycles. The van der Waals surface area contributed by atoms with E-state index in [1.807, 2.05) is 0 Å². The lowest BCUT2D eigenvalue weighted by molar-refractivity contribution is -0.115. The van der Waals surface area contributed by atoms with Crippen LogP contribution in [0.3, 0.4) is 0 Å². The number of aliphatic imine (C=N–C) groups is 1. The molecular weight excluding hydrogens is 210 g/mol. The summed E-state index contributed by atoms with van der Waals surface area (Å²) in [5.74, 6) is -0.838. The van der Waals surface area contributed by atoms with Gasteiger partial charge in [-0.2, -0.15) is 0 Å². The van der Waals surface area contributed by atoms with Crippen LogP contribution in [0.5, 0.6) is 11.5 Å². The molecule has 0 bridgehead atoms. The maximum atomic E-state index is 11.3. The molecule has 6 heteroatoms. The number of phenolic OH excluding ortho intramolecular Hbond substituents is 2. The second-order valence-electron chi connectivity index (χ2n) is 3.23. The molecule has 1 amide bonds. The number of phenols is 2. The second kappa shape index (κ2) is 3.58. The van der Waals surface area contributed by atoms with E-state index in [0.29, 0.717) is 5.56 Å². The third kappa shape index (κ3) is 1.81. The number of nitrogens with zero attached hydrogens (tertiary/aromatic N) is 1. The molecule has 0 atom stereocenters. The second-order valence-corrected chi connectivity index (χ2v) is 3.23. The van der Waals surface area contributed by atoms with Crippen LogP contribution in [0, 0.1) is 0 Å². The molecule has 2 rings (SSSR count). The zero-order valence-electron chi connectivity index (χ0n) is 8.14. The summed E-state index contributed by atoms with van der Waals surface area (Å²) in [5.41, 5.74) is 6.01. The lowest BCUT2D eigenvalue weighted by Crippen LogP contribution is -2.30. The molecule has 1 heterocycles. The zero-order chi connectivity index (χ0) is 11.7. The Bertz CT molecular complexity index is 520. The molecule has 6 nitrogen and oxygen atoms in total. The van der Waals surface area contributed by atoms with E-state index in [1.54, 1.807) is 6.07 Å². The Morgan fingerprint density at radius 1 is 1.31 bits per heavy atom. The largest absolute Gasteiger partial charge is 0.504 e. The van der Waals surface area contributed by atoms with Crippen molar-refractivity contribution in [1.29, 1.82) is 0 Å². The highest BCUT2D eigenvalue weighted by Crippen LogP contribution is 2.26. The van der Waals surface area contributed by atoms with Gasteiger partial charge in [0.25, 0.3) is 5.91 Å². The number of carbonyl (C=O) groups excluding carboxylic acids is 1. The van der Waals surface area contributed by atoms with Crippen molar-refractivity contribution in [1.82, 2.24) is 5.32 Å². The van der Waals surface area contributed by atoms with Crippen molar-refractivity contribution in [2.75, 3.05) is 0 Å². The molecule has 1 aromatic carbocycles. The first-order chi connectivity index (χ1) is 7.56. The molecule has 0 aromatic heterocycles. The van der Waals surface area contributed by atoms with Crippen LogP contribution in [0.25, 0.3) is 6.08 Å². The Morgan fingerprint density at radius 2 is 2.06 bits per heavy atom. The summed E-state index contributed by atoms with van der Waals surface area (Å²) in [6.07, 6.45) is 1.45. The van der Waals surface area contributed by atoms with E-state index >= 15 is 0 Å². The summed E-state index contributed by atoms with van der Waals surface area (Å²) in [6, 6.07) is 4.18. The summed E-state index contributed by atoms with van der Waals surface area (Å²) >= 11 is 0. The minimum absolute atomic E-state index is 0.0410. The normalized spacial score (nSPS) is 17.4. The minimum atomic E-state index is -0.398. The lowest BCUT2D eigenvalue weighted by Gasteiger charge is -1.98. The van der Waals surface area contributed by atoms with Gasteiger partial charge in [0.15, 0.2) is 11.5 Å². The van der Waals surface area contributed by atoms with Gasteiger partial charge in [-0.3, -0.25) is 10.1 Å². The van der Waals surface area contributed by atoms with Crippen LogP contribution < -0.4 is 11.1 Å². The third-order valence-corrected chi connectivity index (χ3v) is 2.02. The third-order valence-electron chi connectivity index (χ3n) is 2.02. The van der Waals surface area contributed by atoms with Crippen molar-refractivity contribution in [2.24, 2.45) is 10.7 Å². The Hall–Kier alpha value is -2.50. The van der Waals surface area contributed by atoms with Crippen LogP contribution in [-0.2, 0) is 4.79 Å². The maximum Gasteiger partial charge on any atom is 0.276 e. The molecule has 16 heavy (non-hydrogen) atoms. The average Bonchev–Trinajstić information content (AvgIpc) is 2.51. The fraction of sp³-hybridized carbons (Fsp3) is 0. The van der Waals surface area contributed by atoms with Gasteiger partial charge in [-0.05, 0) is 23.8 Å². The average molecular weight is 219 g/mol. The highest BCUT2D eigenvalue weighted by Gasteiger charge is 2.17. The number of rotatable bonds is 1. The van der Waals surface area contributed by atoms with Gasteiger partial charge in [-0.1, -0.05) is 6.07 Å². The standard InChI is InChI=1S/C10H9N3O3/c11-10-12-6(9(16)13-10)3-5-1-2-7(14)8(15)4-5/h1-4,14-15H,(H3,11,12,13,16)/b6-3+. The predicted molar refractivity (Wildman–Crippen MR) is 57.5 cm³/mol. The predicted octanol–water partition coefficient (Wildman–Crippen LogP) is -0.117. The smallest absolute Gasteiger partial charge is 0.276 e. The lowest BCUT2D eigenvalue weighted by atomic mass is 10.1. The molecule has 0 saturated heterocycles. The van der Waals surface area contributed by atoms with Crippen molar-refractivity contribution in [3.63, 3.8) is 0 Å². The van der Waals surface area contributed by atoms with Gasteiger partial charge in [0, 0.05) is 0 Å². The molecule has 0 spiro atoms. The van der Waals surface area contributed by atoms with Crippen molar-refractivity contribution >= 4 is 17.9 Å². The highest BCUT2D eigenvalue weighted by atomic mass is 16.3. The van der Waals surface area contributed by atoms with Crippen LogP contribution in [0.15, 0.2) is 28.9 Å². The molecule has 0 saturated carbocycles. The fourth-order valence-electron chi connectivity index (χ4n) is 1.27. The number of hydrogen-bond donors (Lipinski definition) is 4. The monoisotopic (exact) mass is 219 g/mol. The molecule has 0 unspecified atom stereocenters. The van der Waals surface area contributed by atoms with E-state index < -0.39 is 5.91 Å². The Balaban J connectivity index is 2.36. The number of nitrogens with two attached hydrogens (primary N) is 1. The maximum absolute atomic E-state index is 11.3. The van der Waals surface area contributed by atoms with E-state index in [-0.39, 0.29) is 23.2 Å². The van der Waals surface area contributed by atoms with Gasteiger partial charge in [-0.15, -0.1) is 0 Å². The molecule has 1 aliphatic heterocycles. The summed E-state index contributed by atoms with van der Waals surface area (Å²) in [5, 5.41) is 20.7. The highest BCUT2D eigenvalue weighted by molar-refractivity contribution is 6.13. The van der Waals surface area contributed by atoms with E-state index in [0.717, 1.165) is 0 Å². The van der Waals surface area contributed by atoms with Crippen LogP contribution in [0.1, 0.15) is 5.56 Å². The number of aromatic hydroxyl groups is 2. The molecule has 0 fully saturated rings. The molecular formula is C10H9N3O3. The summed E-state index contributed by atoms with van der Waals surface area (Å²) in [4.78, 5) is 15.0. The van der Waals surface area contributed by atoms with Gasteiger partial charge >= 0.3 is 0 Å². The van der Waals surface area contributed by atoms with Crippen molar-refractivity contribution in [3.05, 3.63) is 29.5 Å². The Kier molecular flexibility index (Phi) is 2.24. The number of amides is 1. The SMILES string of the molecule is NC1=N/C(=C/c2ccc(O)c(O)c2)C(=O)N1. The Labute approximate surface area is 90.7 Å². The van der Waals surface area contributed by atoms with E-state index in [9.17, 15) is 9.90 Å². The van der Waals surface area contributed by atoms with E-state index in [4.69, 9.17) is 10.8 Å². The van der Waals surface area contributed by atoms with Gasteiger partial charge in [0.2, 0.25) is 5.96 Å². The van der Waals surface area contributed by atoms with Gasteiger partial charge in [0.05, 0.1) is 0 Å². The zero-order valence-corrected chi connectivity index (χ0v) is 8.14. The van der Waals surface area contributed by atoms with Crippen molar-refractivity contribution < 1.29 is 15.0 Å². The number of hydrogen-bond acceptors (Lipinski definition) is 5. The summed E-state index contributed by atoms with van der Waals surface area (Å²) in [6.45, 7) is 0. The summed E-state index contributed by atoms with van der Waals surface area (Å²) in [7, 11) is 0. The van der Waals surface area contributed by atoms with Crippen LogP contribution >= 0.6 is 0 Å². The van der Waals surface area contributed by atoms with E-state index in [2.05, 4.69) is 10.3 Å². The number of guanidine groups is 1. The first-order valence-corrected chi connectivity index (χ1v) is 4.45. The van der Waals surface area contributed by atoms with Crippen LogP contribution in [0.2, 0.25) is 0 Å². The van der Waals surface area contributed by atoms with Crippen LogP contribution in [0.4, 0.5) is 0 Å². The number of benzene rings is 1. The Morgan fingerprint density at radius 3 is 2.62 bits per heavy atom. The minimum Gasteiger partial charge on any atom is -0.504 e. The van der Waals surface area contributed by atoms with Crippen LogP contribution in [-0.4, -0.2) is 22.1 Å². The van der Waals surface area contributed by atoms with Gasteiger partial charge in [0.1, 0.15) is 5.70 Å². The van der Waals surface area contributed by atoms with Gasteiger partial charge in [-0.25, -0.2) is 4.99 Å². The molecule has 1 aromatic rings. The molecule has 1 aliphatic rings. The van der Waals surface area contributed by atoms with Gasteiger partial charge < -0.3 is 15.9 Å². The molecule has 82 valence electrons. The first kappa shape index (κ1) is 10.0. The topological polar surface area (TPSA) is 108 Å². The summed E-state index contributed by atoms with van der Waals surface area (Å²) < 4.78 is 0. The number of carbonyl (C=O) groups is 1. The molecule has 0 radical (unpaired) electrons. The quantitative estimate of drug-likeness (QED) is 0.390. The van der Waals surface area contributed by atoms with E-state index in [1.165, 1.54) is 18.2 Å². The van der Waals surface area contributed by atoms with Crippen molar-refractivity contribution in [3.8, 4) is 11.5 Å². The first-order valence-electron chi connectivity index (χ1n) is 4.45. The molecule has 5 N–H and O–H groups in total.